The molecule has 8 heteroatoms. The van der Waals surface area contributed by atoms with Gasteiger partial charge in [0.15, 0.2) is 0 Å². The Morgan fingerprint density at radius 3 is 2.51 bits per heavy atom. The molecule has 0 radical (unpaired) electrons. The molecule has 0 saturated carbocycles. The first-order chi connectivity index (χ1) is 17.0. The Labute approximate surface area is 211 Å². The highest BCUT2D eigenvalue weighted by Gasteiger charge is 2.23. The van der Waals surface area contributed by atoms with Crippen LogP contribution >= 0.6 is 11.6 Å². The van der Waals surface area contributed by atoms with Crippen molar-refractivity contribution >= 4 is 34.9 Å². The maximum absolute atomic E-state index is 13.2. The fraction of sp³-hybridized carbons (Fsp3) is 0.296. The summed E-state index contributed by atoms with van der Waals surface area (Å²) >= 11 is 5.96. The highest BCUT2D eigenvalue weighted by Crippen LogP contribution is 2.20. The number of aromatic nitrogens is 1. The van der Waals surface area contributed by atoms with Crippen LogP contribution in [0.2, 0.25) is 5.02 Å². The largest absolute Gasteiger partial charge is 0.346 e. The molecule has 1 aliphatic rings. The zero-order chi connectivity index (χ0) is 24.6. The van der Waals surface area contributed by atoms with Gasteiger partial charge < -0.3 is 20.4 Å². The molecule has 0 bridgehead atoms. The summed E-state index contributed by atoms with van der Waals surface area (Å²) in [4.78, 5) is 33.4. The molecule has 2 N–H and O–H groups in total. The fourth-order valence-electron chi connectivity index (χ4n) is 4.01. The Morgan fingerprint density at radius 1 is 1.06 bits per heavy atom. The lowest BCUT2D eigenvalue weighted by molar-refractivity contribution is -0.129. The van der Waals surface area contributed by atoms with Crippen LogP contribution in [0.15, 0.2) is 72.9 Å². The van der Waals surface area contributed by atoms with E-state index in [9.17, 15) is 9.59 Å². The van der Waals surface area contributed by atoms with Gasteiger partial charge in [-0.2, -0.15) is 0 Å². The molecule has 1 aliphatic heterocycles. The molecule has 1 saturated heterocycles. The molecule has 3 aromatic rings. The van der Waals surface area contributed by atoms with Crippen LogP contribution in [0.3, 0.4) is 0 Å². The summed E-state index contributed by atoms with van der Waals surface area (Å²) in [6, 6.07) is 21.2. The minimum absolute atomic E-state index is 0.0738. The maximum atomic E-state index is 13.2. The van der Waals surface area contributed by atoms with Crippen LogP contribution in [0.5, 0.6) is 0 Å². The number of benzene rings is 2. The third-order valence-electron chi connectivity index (χ3n) is 6.17. The molecular weight excluding hydrogens is 462 g/mol. The Balaban J connectivity index is 1.36. The highest BCUT2D eigenvalue weighted by molar-refractivity contribution is 6.30. The predicted molar refractivity (Wildman–Crippen MR) is 140 cm³/mol. The monoisotopic (exact) mass is 491 g/mol. The Morgan fingerprint density at radius 2 is 1.83 bits per heavy atom. The average molecular weight is 492 g/mol. The summed E-state index contributed by atoms with van der Waals surface area (Å²) < 4.78 is 0. The van der Waals surface area contributed by atoms with Crippen molar-refractivity contribution in [3.63, 3.8) is 0 Å². The van der Waals surface area contributed by atoms with Crippen LogP contribution < -0.4 is 15.5 Å². The standard InChI is InChI=1S/C27H30ClN5O2/c1-32-15-16-33(19-26(32)34)25-12-11-23(17-30-25)31-27(35)24(21-5-3-2-4-6-21)18-29-14-13-20-7-9-22(28)10-8-20/h2-12,17,24,29H,13-16,18-19H2,1H3,(H,31,35). The minimum Gasteiger partial charge on any atom is -0.346 e. The van der Waals surface area contributed by atoms with Crippen LogP contribution in [-0.4, -0.2) is 61.5 Å². The third-order valence-corrected chi connectivity index (χ3v) is 6.42. The molecule has 1 fully saturated rings. The third kappa shape index (κ3) is 6.81. The van der Waals surface area contributed by atoms with Gasteiger partial charge in [-0.05, 0) is 48.4 Å². The van der Waals surface area contributed by atoms with E-state index in [2.05, 4.69) is 15.6 Å². The van der Waals surface area contributed by atoms with E-state index in [1.165, 1.54) is 5.56 Å². The van der Waals surface area contributed by atoms with E-state index < -0.39 is 0 Å². The summed E-state index contributed by atoms with van der Waals surface area (Å²) in [5.74, 6) is 0.355. The number of piperazine rings is 1. The van der Waals surface area contributed by atoms with Crippen LogP contribution in [0.1, 0.15) is 17.0 Å². The quantitative estimate of drug-likeness (QED) is 0.447. The predicted octanol–water partition coefficient (Wildman–Crippen LogP) is 3.57. The molecule has 2 amide bonds. The van der Waals surface area contributed by atoms with Gasteiger partial charge >= 0.3 is 0 Å². The molecule has 35 heavy (non-hydrogen) atoms. The van der Waals surface area contributed by atoms with Crippen LogP contribution in [-0.2, 0) is 16.0 Å². The zero-order valence-corrected chi connectivity index (χ0v) is 20.5. The van der Waals surface area contributed by atoms with Gasteiger partial charge in [0.1, 0.15) is 5.82 Å². The number of anilines is 2. The van der Waals surface area contributed by atoms with E-state index in [1.54, 1.807) is 18.1 Å². The average Bonchev–Trinajstić information content (AvgIpc) is 2.88. The number of rotatable bonds is 9. The van der Waals surface area contributed by atoms with Gasteiger partial charge in [0.05, 0.1) is 24.3 Å². The Bertz CT molecular complexity index is 1120. The molecule has 1 unspecified atom stereocenters. The molecule has 0 spiro atoms. The van der Waals surface area contributed by atoms with Crippen molar-refractivity contribution < 1.29 is 9.59 Å². The van der Waals surface area contributed by atoms with Gasteiger partial charge in [0.25, 0.3) is 0 Å². The van der Waals surface area contributed by atoms with Crippen molar-refractivity contribution in [3.05, 3.63) is 89.1 Å². The number of halogens is 1. The number of likely N-dealkylation sites (N-methyl/N-ethyl adjacent to an activating group) is 1. The molecular formula is C27H30ClN5O2. The fourth-order valence-corrected chi connectivity index (χ4v) is 4.13. The normalized spacial score (nSPS) is 14.6. The first kappa shape index (κ1) is 24.7. The number of carbonyl (C=O) groups excluding carboxylic acids is 2. The summed E-state index contributed by atoms with van der Waals surface area (Å²) in [5.41, 5.74) is 2.77. The number of hydrogen-bond donors (Lipinski definition) is 2. The second-order valence-electron chi connectivity index (χ2n) is 8.68. The van der Waals surface area contributed by atoms with E-state index >= 15 is 0 Å². The topological polar surface area (TPSA) is 77.6 Å². The lowest BCUT2D eigenvalue weighted by Crippen LogP contribution is -2.48. The summed E-state index contributed by atoms with van der Waals surface area (Å²) in [7, 11) is 1.81. The van der Waals surface area contributed by atoms with Gasteiger partial charge in [-0.15, -0.1) is 0 Å². The second kappa shape index (κ2) is 11.8. The van der Waals surface area contributed by atoms with Crippen molar-refractivity contribution in [2.75, 3.05) is 50.0 Å². The number of nitrogens with zero attached hydrogens (tertiary/aromatic N) is 3. The van der Waals surface area contributed by atoms with E-state index in [1.807, 2.05) is 71.6 Å². The van der Waals surface area contributed by atoms with Crippen molar-refractivity contribution in [1.82, 2.24) is 15.2 Å². The Hall–Kier alpha value is -3.42. The smallest absolute Gasteiger partial charge is 0.241 e. The lowest BCUT2D eigenvalue weighted by Gasteiger charge is -2.32. The van der Waals surface area contributed by atoms with E-state index in [0.717, 1.165) is 35.9 Å². The highest BCUT2D eigenvalue weighted by atomic mass is 35.5. The number of pyridine rings is 1. The van der Waals surface area contributed by atoms with Crippen molar-refractivity contribution in [2.45, 2.75) is 12.3 Å². The molecule has 2 aromatic carbocycles. The van der Waals surface area contributed by atoms with Gasteiger partial charge in [-0.3, -0.25) is 9.59 Å². The van der Waals surface area contributed by atoms with Gasteiger partial charge in [0.2, 0.25) is 11.8 Å². The maximum Gasteiger partial charge on any atom is 0.241 e. The number of amides is 2. The molecule has 0 aliphatic carbocycles. The summed E-state index contributed by atoms with van der Waals surface area (Å²) in [6.07, 6.45) is 2.49. The minimum atomic E-state index is -0.351. The van der Waals surface area contributed by atoms with Crippen LogP contribution in [0.25, 0.3) is 0 Å². The SMILES string of the molecule is CN1CCN(c2ccc(NC(=O)C(CNCCc3ccc(Cl)cc3)c3ccccc3)cn2)CC1=O. The van der Waals surface area contributed by atoms with Gasteiger partial charge in [-0.25, -0.2) is 4.98 Å². The first-order valence-corrected chi connectivity index (χ1v) is 12.1. The van der Waals surface area contributed by atoms with Crippen molar-refractivity contribution in [2.24, 2.45) is 0 Å². The summed E-state index contributed by atoms with van der Waals surface area (Å²) in [6.45, 7) is 2.98. The molecule has 4 rings (SSSR count). The van der Waals surface area contributed by atoms with Crippen LogP contribution in [0.4, 0.5) is 11.5 Å². The van der Waals surface area contributed by atoms with Crippen molar-refractivity contribution in [3.8, 4) is 0 Å². The summed E-state index contributed by atoms with van der Waals surface area (Å²) in [5, 5.41) is 7.15. The Kier molecular flexibility index (Phi) is 8.34. The van der Waals surface area contributed by atoms with Crippen molar-refractivity contribution in [1.29, 1.82) is 0 Å². The molecule has 1 aromatic heterocycles. The molecule has 182 valence electrons. The number of nitrogens with one attached hydrogen (secondary N) is 2. The van der Waals surface area contributed by atoms with E-state index in [4.69, 9.17) is 11.6 Å². The van der Waals surface area contributed by atoms with Gasteiger partial charge in [0, 0.05) is 31.7 Å². The second-order valence-corrected chi connectivity index (χ2v) is 9.11. The van der Waals surface area contributed by atoms with E-state index in [-0.39, 0.29) is 17.7 Å². The lowest BCUT2D eigenvalue weighted by atomic mass is 9.98. The molecule has 7 nitrogen and oxygen atoms in total. The zero-order valence-electron chi connectivity index (χ0n) is 19.8. The number of carbonyl (C=O) groups is 2. The van der Waals surface area contributed by atoms with Crippen LogP contribution in [0, 0.1) is 0 Å². The molecule has 1 atom stereocenters. The first-order valence-electron chi connectivity index (χ1n) is 11.8. The van der Waals surface area contributed by atoms with Gasteiger partial charge in [-0.1, -0.05) is 54.1 Å². The van der Waals surface area contributed by atoms with E-state index in [0.29, 0.717) is 25.3 Å². The number of hydrogen-bond acceptors (Lipinski definition) is 5. The molecule has 2 heterocycles.